The normalized spacial score (nSPS) is 28.1. The molecular formula is C27H42O6. The number of esters is 2. The van der Waals surface area contributed by atoms with Gasteiger partial charge in [0.2, 0.25) is 0 Å². The fraction of sp³-hybridized carbons (Fsp3) is 0.778. The highest BCUT2D eigenvalue weighted by molar-refractivity contribution is 5.74. The predicted molar refractivity (Wildman–Crippen MR) is 127 cm³/mol. The molecule has 3 rings (SSSR count). The van der Waals surface area contributed by atoms with Gasteiger partial charge < -0.3 is 18.9 Å². The van der Waals surface area contributed by atoms with Crippen LogP contribution in [0.4, 0.5) is 0 Å². The second-order valence-electron chi connectivity index (χ2n) is 9.67. The van der Waals surface area contributed by atoms with Gasteiger partial charge >= 0.3 is 11.9 Å². The zero-order valence-electron chi connectivity index (χ0n) is 20.3. The number of epoxide rings is 2. The molecule has 3 aliphatic rings. The molecule has 2 fully saturated rings. The summed E-state index contributed by atoms with van der Waals surface area (Å²) in [6, 6.07) is 0. The Morgan fingerprint density at radius 1 is 0.939 bits per heavy atom. The lowest BCUT2D eigenvalue weighted by Crippen LogP contribution is -2.29. The lowest BCUT2D eigenvalue weighted by molar-refractivity contribution is -0.150. The molecule has 6 nitrogen and oxygen atoms in total. The maximum absolute atomic E-state index is 12.8. The number of ether oxygens (including phenoxy) is 4. The third-order valence-corrected chi connectivity index (χ3v) is 6.61. The van der Waals surface area contributed by atoms with Gasteiger partial charge in [-0.1, -0.05) is 63.3 Å². The van der Waals surface area contributed by atoms with Crippen molar-refractivity contribution in [1.29, 1.82) is 0 Å². The number of allylic oxidation sites excluding steroid dienone is 4. The van der Waals surface area contributed by atoms with Crippen molar-refractivity contribution < 1.29 is 28.5 Å². The van der Waals surface area contributed by atoms with E-state index in [-0.39, 0.29) is 36.0 Å². The molecule has 5 atom stereocenters. The van der Waals surface area contributed by atoms with E-state index in [9.17, 15) is 9.59 Å². The number of carbonyl (C=O) groups is 2. The minimum atomic E-state index is -0.129. The Hall–Kier alpha value is -1.66. The number of carbonyl (C=O) groups excluding carboxylic acids is 2. The molecule has 0 aromatic heterocycles. The molecule has 0 aromatic rings. The fourth-order valence-corrected chi connectivity index (χ4v) is 4.31. The quantitative estimate of drug-likeness (QED) is 0.129. The van der Waals surface area contributed by atoms with Crippen LogP contribution in [0.2, 0.25) is 0 Å². The van der Waals surface area contributed by atoms with Gasteiger partial charge in [-0.15, -0.1) is 0 Å². The number of hydrogen-bond donors (Lipinski definition) is 0. The van der Waals surface area contributed by atoms with Gasteiger partial charge in [-0.25, -0.2) is 0 Å². The standard InChI is InChI=1S/C27H42O6/c1-2-3-4-8-11-21-14-15-22(25(16-21)27(29)33-20-24-18-31-24)12-9-6-5-7-10-13-26(28)32-19-23-17-30-23/h9,12,14-15,21-25H,2-8,10-11,13,16-20H2,1H3/b12-9+. The molecule has 6 heteroatoms. The van der Waals surface area contributed by atoms with Crippen LogP contribution in [0, 0.1) is 17.8 Å². The van der Waals surface area contributed by atoms with Crippen LogP contribution in [0.15, 0.2) is 24.3 Å². The van der Waals surface area contributed by atoms with Crippen LogP contribution in [0.25, 0.3) is 0 Å². The Balaban J connectivity index is 1.36. The lowest BCUT2D eigenvalue weighted by Gasteiger charge is -2.29. The van der Waals surface area contributed by atoms with Crippen molar-refractivity contribution in [2.75, 3.05) is 26.4 Å². The molecule has 2 aliphatic heterocycles. The SMILES string of the molecule is CCCCCCC1C=CC(/C=C/CCCCCC(=O)OCC2CO2)C(C(=O)OCC2CO2)C1. The number of rotatable bonds is 17. The highest BCUT2D eigenvalue weighted by atomic mass is 16.6. The predicted octanol–water partition coefficient (Wildman–Crippen LogP) is 5.16. The zero-order valence-corrected chi connectivity index (χ0v) is 20.3. The zero-order chi connectivity index (χ0) is 23.3. The van der Waals surface area contributed by atoms with Crippen LogP contribution in [0.1, 0.15) is 77.6 Å². The van der Waals surface area contributed by atoms with E-state index in [0.717, 1.165) is 38.5 Å². The molecule has 5 unspecified atom stereocenters. The summed E-state index contributed by atoms with van der Waals surface area (Å²) in [6.45, 7) is 4.42. The maximum atomic E-state index is 12.8. The first-order valence-corrected chi connectivity index (χ1v) is 13.1. The minimum absolute atomic E-state index is 0.0850. The first kappa shape index (κ1) is 26.0. The molecule has 33 heavy (non-hydrogen) atoms. The molecule has 2 heterocycles. The van der Waals surface area contributed by atoms with Gasteiger partial charge in [-0.2, -0.15) is 0 Å². The topological polar surface area (TPSA) is 77.7 Å². The van der Waals surface area contributed by atoms with E-state index in [0.29, 0.717) is 38.8 Å². The third-order valence-electron chi connectivity index (χ3n) is 6.61. The Labute approximate surface area is 199 Å². The smallest absolute Gasteiger partial charge is 0.309 e. The number of unbranched alkanes of at least 4 members (excludes halogenated alkanes) is 6. The van der Waals surface area contributed by atoms with Gasteiger partial charge in [0.15, 0.2) is 0 Å². The average Bonchev–Trinajstić information content (AvgIpc) is 3.74. The van der Waals surface area contributed by atoms with Crippen molar-refractivity contribution in [2.24, 2.45) is 17.8 Å². The molecule has 2 saturated heterocycles. The van der Waals surface area contributed by atoms with E-state index in [1.54, 1.807) is 0 Å². The van der Waals surface area contributed by atoms with Crippen molar-refractivity contribution in [3.05, 3.63) is 24.3 Å². The van der Waals surface area contributed by atoms with E-state index < -0.39 is 0 Å². The third kappa shape index (κ3) is 10.9. The second kappa shape index (κ2) is 14.6. The summed E-state index contributed by atoms with van der Waals surface area (Å²) < 4.78 is 20.9. The van der Waals surface area contributed by atoms with Gasteiger partial charge in [0, 0.05) is 12.3 Å². The van der Waals surface area contributed by atoms with Gasteiger partial charge in [0.25, 0.3) is 0 Å². The second-order valence-corrected chi connectivity index (χ2v) is 9.67. The Kier molecular flexibility index (Phi) is 11.5. The maximum Gasteiger partial charge on any atom is 0.309 e. The van der Waals surface area contributed by atoms with Gasteiger partial charge in [0.1, 0.15) is 25.4 Å². The molecular weight excluding hydrogens is 420 g/mol. The molecule has 0 radical (unpaired) electrons. The number of hydrogen-bond acceptors (Lipinski definition) is 6. The van der Waals surface area contributed by atoms with Gasteiger partial charge in [-0.05, 0) is 38.0 Å². The average molecular weight is 463 g/mol. The molecule has 0 aromatic carbocycles. The lowest BCUT2D eigenvalue weighted by atomic mass is 9.77. The molecule has 0 spiro atoms. The summed E-state index contributed by atoms with van der Waals surface area (Å²) >= 11 is 0. The molecule has 0 N–H and O–H groups in total. The fourth-order valence-electron chi connectivity index (χ4n) is 4.31. The highest BCUT2D eigenvalue weighted by Crippen LogP contribution is 2.33. The summed E-state index contributed by atoms with van der Waals surface area (Å²) in [7, 11) is 0. The van der Waals surface area contributed by atoms with Crippen molar-refractivity contribution in [2.45, 2.75) is 89.8 Å². The van der Waals surface area contributed by atoms with E-state index in [1.165, 1.54) is 25.7 Å². The molecule has 186 valence electrons. The minimum Gasteiger partial charge on any atom is -0.463 e. The summed E-state index contributed by atoms with van der Waals surface area (Å²) in [5, 5.41) is 0. The van der Waals surface area contributed by atoms with Crippen molar-refractivity contribution >= 4 is 11.9 Å². The summed E-state index contributed by atoms with van der Waals surface area (Å²) in [5.74, 6) is 0.247. The Morgan fingerprint density at radius 2 is 1.67 bits per heavy atom. The van der Waals surface area contributed by atoms with Gasteiger partial charge in [-0.3, -0.25) is 9.59 Å². The molecule has 0 bridgehead atoms. The first-order valence-electron chi connectivity index (χ1n) is 13.1. The van der Waals surface area contributed by atoms with Crippen LogP contribution in [0.5, 0.6) is 0 Å². The monoisotopic (exact) mass is 462 g/mol. The van der Waals surface area contributed by atoms with Crippen molar-refractivity contribution in [1.82, 2.24) is 0 Å². The van der Waals surface area contributed by atoms with Crippen LogP contribution in [-0.4, -0.2) is 50.6 Å². The van der Waals surface area contributed by atoms with Crippen LogP contribution >= 0.6 is 0 Å². The highest BCUT2D eigenvalue weighted by Gasteiger charge is 2.33. The summed E-state index contributed by atoms with van der Waals surface area (Å²) in [4.78, 5) is 24.4. The van der Waals surface area contributed by atoms with Crippen LogP contribution in [-0.2, 0) is 28.5 Å². The molecule has 0 saturated carbocycles. The largest absolute Gasteiger partial charge is 0.463 e. The van der Waals surface area contributed by atoms with Crippen molar-refractivity contribution in [3.8, 4) is 0 Å². The summed E-state index contributed by atoms with van der Waals surface area (Å²) in [5.41, 5.74) is 0. The van der Waals surface area contributed by atoms with E-state index in [2.05, 4.69) is 31.2 Å². The van der Waals surface area contributed by atoms with E-state index >= 15 is 0 Å². The van der Waals surface area contributed by atoms with Crippen LogP contribution < -0.4 is 0 Å². The van der Waals surface area contributed by atoms with Crippen molar-refractivity contribution in [3.63, 3.8) is 0 Å². The molecule has 0 amide bonds. The van der Waals surface area contributed by atoms with Gasteiger partial charge in [0.05, 0.1) is 19.1 Å². The van der Waals surface area contributed by atoms with E-state index in [1.807, 2.05) is 0 Å². The molecule has 1 aliphatic carbocycles. The first-order chi connectivity index (χ1) is 16.2. The summed E-state index contributed by atoms with van der Waals surface area (Å²) in [6.07, 6.45) is 20.4. The van der Waals surface area contributed by atoms with Crippen LogP contribution in [0.3, 0.4) is 0 Å². The Morgan fingerprint density at radius 3 is 2.39 bits per heavy atom. The van der Waals surface area contributed by atoms with E-state index in [4.69, 9.17) is 18.9 Å². The Bertz CT molecular complexity index is 649.